The van der Waals surface area contributed by atoms with Crippen LogP contribution in [0.3, 0.4) is 0 Å². The summed E-state index contributed by atoms with van der Waals surface area (Å²) in [6.07, 6.45) is -74.1. The fourth-order valence-electron chi connectivity index (χ4n) is 22.4. The fourth-order valence-corrected chi connectivity index (χ4v) is 22.4. The van der Waals surface area contributed by atoms with E-state index in [4.69, 9.17) is 85.3 Å². The van der Waals surface area contributed by atoms with Crippen molar-refractivity contribution in [2.75, 3.05) is 39.6 Å². The van der Waals surface area contributed by atoms with Gasteiger partial charge in [0.05, 0.1) is 68.8 Å². The van der Waals surface area contributed by atoms with E-state index in [2.05, 4.69) is 40.7 Å². The van der Waals surface area contributed by atoms with Crippen molar-refractivity contribution in [1.82, 2.24) is 0 Å². The van der Waals surface area contributed by atoms with Crippen molar-refractivity contribution in [3.05, 3.63) is 11.6 Å². The quantitative estimate of drug-likeness (QED) is 0.0207. The van der Waals surface area contributed by atoms with Gasteiger partial charge in [-0.15, -0.1) is 0 Å². The molecule has 23 N–H and O–H groups in total. The predicted octanol–water partition coefficient (Wildman–Crippen LogP) is -9.03. The van der Waals surface area contributed by atoms with Gasteiger partial charge in [0.1, 0.15) is 177 Å². The molecule has 9 aliphatic heterocycles. The number of carbonyl (C=O) groups excluding carboxylic acids is 2. The minimum Gasteiger partial charge on any atom is -0.479 e. The average molecular weight is 1790 g/mol. The van der Waals surface area contributed by atoms with Crippen molar-refractivity contribution in [2.24, 2.45) is 50.2 Å². The summed E-state index contributed by atoms with van der Waals surface area (Å²) in [4.78, 5) is 44.8. The first kappa shape index (κ1) is 96.8. The van der Waals surface area contributed by atoms with Crippen LogP contribution in [0.15, 0.2) is 11.6 Å². The summed E-state index contributed by atoms with van der Waals surface area (Å²) in [7, 11) is 0. The molecule has 14 rings (SSSR count). The largest absolute Gasteiger partial charge is 0.479 e. The molecule has 9 heterocycles. The third kappa shape index (κ3) is 17.3. The number of allylic oxidation sites excluding steroid dienone is 2. The van der Waals surface area contributed by atoms with Crippen LogP contribution < -0.4 is 0 Å². The molecule has 5 aliphatic carbocycles. The molecule has 0 spiro atoms. The summed E-state index contributed by atoms with van der Waals surface area (Å²) in [6.45, 7) is 10.5. The molecule has 13 fully saturated rings. The second kappa shape index (κ2) is 37.3. The summed E-state index contributed by atoms with van der Waals surface area (Å²) in [5.41, 5.74) is -4.15. The molecule has 44 heteroatoms. The Morgan fingerprint density at radius 1 is 0.419 bits per heavy atom. The average Bonchev–Trinajstić information content (AvgIpc) is 0.672. The molecule has 50 atom stereocenters. The first-order valence-corrected chi connectivity index (χ1v) is 42.8. The third-order valence-corrected chi connectivity index (χ3v) is 30.3. The van der Waals surface area contributed by atoms with Gasteiger partial charge in [-0.2, -0.15) is 0 Å². The van der Waals surface area contributed by atoms with E-state index in [0.717, 1.165) is 11.9 Å². The Kier molecular flexibility index (Phi) is 29.2. The highest BCUT2D eigenvalue weighted by Gasteiger charge is 2.72. The summed E-state index contributed by atoms with van der Waals surface area (Å²) in [6, 6.07) is 0. The monoisotopic (exact) mass is 1790 g/mol. The standard InChI is InChI=1S/C80H126O44/c1-27-40(87)48(95)55(102)68(111-27)115-36-25-110-67(54(101)47(36)94)118-58-50(97)41(88)28(2)112-71(58)124-74(106)80-17-15-75(3,4)19-30(80)29-9-10-38-76(5)13-12-39(77(6,26-83)37(76)11-14-79(38,8)78(29,7)16-18-80)116-73-63(123-66-53(100)43(90)32(85)23-108-66)61(60(62(122-73)64(104)105)120-69-56(103)49(96)45(92)34(20-81)113-69)121-72-59(51(98)46(93)35(21-82)114-72)119-70-57(44(91)33(86)24-109-70)117-65-52(99)42(89)31(84)22-107-65/h9,26-28,30-63,65-73,81-82,84-103H,10-25H2,1-8H3,(H,104,105). The van der Waals surface area contributed by atoms with Gasteiger partial charge >= 0.3 is 11.9 Å². The van der Waals surface area contributed by atoms with Gasteiger partial charge in [0.25, 0.3) is 0 Å². The van der Waals surface area contributed by atoms with Crippen LogP contribution >= 0.6 is 0 Å². The summed E-state index contributed by atoms with van der Waals surface area (Å²) < 4.78 is 110. The van der Waals surface area contributed by atoms with Crippen LogP contribution in [0.25, 0.3) is 0 Å². The van der Waals surface area contributed by atoms with Gasteiger partial charge in [0.2, 0.25) is 6.29 Å². The van der Waals surface area contributed by atoms with Crippen molar-refractivity contribution in [2.45, 2.75) is 378 Å². The number of aldehydes is 1. The van der Waals surface area contributed by atoms with Gasteiger partial charge in [-0.3, -0.25) is 4.79 Å². The number of hydrogen-bond donors (Lipinski definition) is 23. The zero-order chi connectivity index (χ0) is 90.2. The minimum atomic E-state index is -2.51. The van der Waals surface area contributed by atoms with E-state index in [9.17, 15) is 127 Å². The number of fused-ring (bicyclic) bond motifs is 7. The molecule has 44 nitrogen and oxygen atoms in total. The second-order valence-corrected chi connectivity index (χ2v) is 38.2. The molecule has 0 bridgehead atoms. The number of carboxylic acids is 1. The molecule has 0 aromatic rings. The first-order chi connectivity index (χ1) is 58.3. The van der Waals surface area contributed by atoms with E-state index in [1.54, 1.807) is 6.92 Å². The highest BCUT2D eigenvalue weighted by atomic mass is 16.8. The van der Waals surface area contributed by atoms with Gasteiger partial charge < -0.3 is 208 Å². The first-order valence-electron chi connectivity index (χ1n) is 42.8. The normalized spacial score (nSPS) is 54.8. The molecule has 14 aliphatic rings. The number of ether oxygens (including phenoxy) is 18. The maximum Gasteiger partial charge on any atom is 0.335 e. The Hall–Kier alpha value is -3.21. The molecule has 710 valence electrons. The van der Waals surface area contributed by atoms with Crippen molar-refractivity contribution in [3.63, 3.8) is 0 Å². The van der Waals surface area contributed by atoms with Gasteiger partial charge in [-0.05, 0) is 117 Å². The lowest BCUT2D eigenvalue weighted by molar-refractivity contribution is -0.416. The van der Waals surface area contributed by atoms with Crippen molar-refractivity contribution in [1.29, 1.82) is 0 Å². The highest BCUT2D eigenvalue weighted by Crippen LogP contribution is 2.76. The van der Waals surface area contributed by atoms with Gasteiger partial charge in [0, 0.05) is 0 Å². The SMILES string of the molecule is CC1OC(OC2COC(OC3C(OC(=O)C45CCC(C)(C)CC4C4=CCC6C7(C)CCC(OC8OC(C(=O)O)C(OC9OC(CO)C(O)C(O)C9O)C(OC9OC(CO)C(O)C(O)C9OC9OCC(O)C(O)C9OC9OCC(O)C(O)C9O)C8OC8OCC(O)C(O)C8O)C(C)(C=O)C7CCC6(C)C4(C)CC5)OC(C)C(O)C3O)C(O)C2O)C(O)C(O)C1O. The summed E-state index contributed by atoms with van der Waals surface area (Å²) in [5.74, 6) is -3.89. The van der Waals surface area contributed by atoms with E-state index in [1.165, 1.54) is 13.8 Å². The maximum atomic E-state index is 15.8. The molecule has 50 unspecified atom stereocenters. The highest BCUT2D eigenvalue weighted by molar-refractivity contribution is 5.79. The number of esters is 1. The zero-order valence-corrected chi connectivity index (χ0v) is 69.8. The molecule has 9 saturated heterocycles. The van der Waals surface area contributed by atoms with E-state index >= 15 is 4.79 Å². The Morgan fingerprint density at radius 2 is 0.879 bits per heavy atom. The van der Waals surface area contributed by atoms with Crippen LogP contribution in [0.1, 0.15) is 120 Å². The topological polar surface area (TPSA) is 683 Å². The second-order valence-electron chi connectivity index (χ2n) is 38.2. The molecule has 0 radical (unpaired) electrons. The smallest absolute Gasteiger partial charge is 0.335 e. The maximum absolute atomic E-state index is 15.8. The molecule has 124 heavy (non-hydrogen) atoms. The van der Waals surface area contributed by atoms with Gasteiger partial charge in [0.15, 0.2) is 62.5 Å². The number of aliphatic carboxylic acids is 1. The number of carboxylic acid groups (broad SMARTS) is 1. The molecule has 4 saturated carbocycles. The molecular formula is C80H126O44. The summed E-state index contributed by atoms with van der Waals surface area (Å²) >= 11 is 0. The zero-order valence-electron chi connectivity index (χ0n) is 69.8. The van der Waals surface area contributed by atoms with E-state index in [-0.39, 0.29) is 30.6 Å². The number of aliphatic hydroxyl groups excluding tert-OH is 22. The number of aliphatic hydroxyl groups is 22. The molecule has 0 aromatic carbocycles. The van der Waals surface area contributed by atoms with Gasteiger partial charge in [-0.1, -0.05) is 53.2 Å². The molecule has 0 aromatic heterocycles. The molecular weight excluding hydrogens is 1660 g/mol. The predicted molar refractivity (Wildman–Crippen MR) is 400 cm³/mol. The lowest BCUT2D eigenvalue weighted by Gasteiger charge is -2.71. The molecule has 0 amide bonds. The van der Waals surface area contributed by atoms with E-state index in [1.807, 2.05) is 0 Å². The van der Waals surface area contributed by atoms with E-state index < -0.39 is 349 Å². The van der Waals surface area contributed by atoms with Crippen LogP contribution in [-0.2, 0) is 99.6 Å². The fraction of sp³-hybridized carbons (Fsp3) is 0.938. The number of rotatable bonds is 22. The number of hydrogen-bond acceptors (Lipinski definition) is 43. The Bertz CT molecular complexity index is 3670. The summed E-state index contributed by atoms with van der Waals surface area (Å²) in [5, 5.41) is 255. The van der Waals surface area contributed by atoms with Crippen molar-refractivity contribution < 1.29 is 217 Å². The van der Waals surface area contributed by atoms with Crippen LogP contribution in [0.5, 0.6) is 0 Å². The van der Waals surface area contributed by atoms with Crippen molar-refractivity contribution in [3.8, 4) is 0 Å². The van der Waals surface area contributed by atoms with Crippen LogP contribution in [0.2, 0.25) is 0 Å². The minimum absolute atomic E-state index is 0.0162. The Labute approximate surface area is 712 Å². The Balaban J connectivity index is 0.762. The van der Waals surface area contributed by atoms with Gasteiger partial charge in [-0.25, -0.2) is 4.79 Å². The van der Waals surface area contributed by atoms with Crippen LogP contribution in [-0.4, -0.2) is 433 Å². The van der Waals surface area contributed by atoms with Crippen LogP contribution in [0.4, 0.5) is 0 Å². The Morgan fingerprint density at radius 3 is 1.48 bits per heavy atom. The third-order valence-electron chi connectivity index (χ3n) is 30.3. The van der Waals surface area contributed by atoms with Crippen molar-refractivity contribution >= 4 is 18.2 Å². The number of carbonyl (C=O) groups is 3. The van der Waals surface area contributed by atoms with Crippen LogP contribution in [0, 0.1) is 50.2 Å². The lowest BCUT2D eigenvalue weighted by atomic mass is 9.33. The lowest BCUT2D eigenvalue weighted by Crippen LogP contribution is -2.70. The van der Waals surface area contributed by atoms with E-state index in [0.29, 0.717) is 44.9 Å².